The van der Waals surface area contributed by atoms with E-state index in [1.54, 1.807) is 4.90 Å². The minimum atomic E-state index is -5.31. The highest BCUT2D eigenvalue weighted by molar-refractivity contribution is 5.97. The zero-order valence-corrected chi connectivity index (χ0v) is 27.6. The van der Waals surface area contributed by atoms with E-state index < -0.39 is 36.2 Å². The number of ether oxygens (including phenoxy) is 1. The van der Waals surface area contributed by atoms with Crippen LogP contribution in [0.25, 0.3) is 0 Å². The van der Waals surface area contributed by atoms with Gasteiger partial charge in [0.2, 0.25) is 0 Å². The molecule has 2 saturated heterocycles. The van der Waals surface area contributed by atoms with Crippen LogP contribution in [0.15, 0.2) is 36.4 Å². The van der Waals surface area contributed by atoms with Crippen molar-refractivity contribution < 1.29 is 46.3 Å². The predicted octanol–water partition coefficient (Wildman–Crippen LogP) is 4.92. The van der Waals surface area contributed by atoms with Gasteiger partial charge in [-0.25, -0.2) is 9.18 Å². The van der Waals surface area contributed by atoms with Gasteiger partial charge in [-0.3, -0.25) is 14.4 Å². The fourth-order valence-corrected chi connectivity index (χ4v) is 6.85. The monoisotopic (exact) mass is 690 g/mol. The van der Waals surface area contributed by atoms with E-state index in [4.69, 9.17) is 4.74 Å². The molecule has 2 aromatic carbocycles. The van der Waals surface area contributed by atoms with Crippen LogP contribution in [-0.2, 0) is 20.8 Å². The molecular formula is C35H42F4N4O6. The van der Waals surface area contributed by atoms with Gasteiger partial charge >= 0.3 is 12.1 Å². The first-order valence-electron chi connectivity index (χ1n) is 16.8. The van der Waals surface area contributed by atoms with Gasteiger partial charge < -0.3 is 24.7 Å². The number of hydrogen-bond donors (Lipinski definition) is 2. The predicted molar refractivity (Wildman–Crippen MR) is 170 cm³/mol. The van der Waals surface area contributed by atoms with Gasteiger partial charge in [-0.2, -0.15) is 18.7 Å². The third kappa shape index (κ3) is 9.08. The van der Waals surface area contributed by atoms with Gasteiger partial charge in [0.1, 0.15) is 17.7 Å². The first-order chi connectivity index (χ1) is 23.3. The van der Waals surface area contributed by atoms with Gasteiger partial charge in [0, 0.05) is 37.3 Å². The van der Waals surface area contributed by atoms with Crippen molar-refractivity contribution in [2.24, 2.45) is 5.92 Å². The summed E-state index contributed by atoms with van der Waals surface area (Å²) >= 11 is 0. The number of amides is 3. The van der Waals surface area contributed by atoms with Gasteiger partial charge in [0.25, 0.3) is 17.7 Å². The maximum atomic E-state index is 14.5. The maximum absolute atomic E-state index is 14.5. The SMILES string of the molecule is CC(C)[C@H]1CN(C(=O)c2cc(F)cc(CC(=O)NOC(=O)C(F)(F)F)c2)CCN1C(=O)c1ccc(O[C@H]2CCNC2)c(C2CCCCC2)c1. The number of carbonyl (C=O) groups excluding carboxylic acids is 4. The van der Waals surface area contributed by atoms with Crippen LogP contribution in [0.4, 0.5) is 17.6 Å². The highest BCUT2D eigenvalue weighted by Gasteiger charge is 2.42. The lowest BCUT2D eigenvalue weighted by molar-refractivity contribution is -0.207. The molecule has 14 heteroatoms. The average Bonchev–Trinajstić information content (AvgIpc) is 3.59. The van der Waals surface area contributed by atoms with E-state index in [1.165, 1.54) is 22.9 Å². The Morgan fingerprint density at radius 2 is 1.71 bits per heavy atom. The van der Waals surface area contributed by atoms with E-state index in [-0.39, 0.29) is 54.7 Å². The van der Waals surface area contributed by atoms with Gasteiger partial charge in [0.15, 0.2) is 0 Å². The summed E-state index contributed by atoms with van der Waals surface area (Å²) in [6.45, 7) is 6.24. The summed E-state index contributed by atoms with van der Waals surface area (Å²) < 4.78 is 58.0. The van der Waals surface area contributed by atoms with Crippen LogP contribution < -0.4 is 15.5 Å². The number of nitrogens with one attached hydrogen (secondary N) is 2. The summed E-state index contributed by atoms with van der Waals surface area (Å²) in [5.41, 5.74) is 2.94. The van der Waals surface area contributed by atoms with Crippen molar-refractivity contribution >= 4 is 23.7 Å². The third-order valence-electron chi connectivity index (χ3n) is 9.40. The Morgan fingerprint density at radius 1 is 0.959 bits per heavy atom. The van der Waals surface area contributed by atoms with E-state index in [9.17, 15) is 36.7 Å². The summed E-state index contributed by atoms with van der Waals surface area (Å²) in [5.74, 6) is -4.12. The molecule has 1 saturated carbocycles. The van der Waals surface area contributed by atoms with Crippen LogP contribution in [0.5, 0.6) is 5.75 Å². The molecule has 0 bridgehead atoms. The third-order valence-corrected chi connectivity index (χ3v) is 9.40. The van der Waals surface area contributed by atoms with E-state index in [0.717, 1.165) is 68.6 Å². The zero-order chi connectivity index (χ0) is 35.3. The largest absolute Gasteiger partial charge is 0.493 e. The molecule has 0 aromatic heterocycles. The Morgan fingerprint density at radius 3 is 2.39 bits per heavy atom. The molecule has 0 radical (unpaired) electrons. The number of rotatable bonds is 8. The number of benzene rings is 2. The molecule has 2 N–H and O–H groups in total. The quantitative estimate of drug-likeness (QED) is 0.299. The Labute approximate surface area is 282 Å². The fraction of sp³-hybridized carbons (Fsp3) is 0.543. The molecule has 2 aliphatic heterocycles. The lowest BCUT2D eigenvalue weighted by Gasteiger charge is -2.43. The molecule has 0 spiro atoms. The minimum Gasteiger partial charge on any atom is -0.489 e. The summed E-state index contributed by atoms with van der Waals surface area (Å²) in [4.78, 5) is 57.6. The van der Waals surface area contributed by atoms with E-state index in [2.05, 4.69) is 10.2 Å². The van der Waals surface area contributed by atoms with Crippen LogP contribution in [0.3, 0.4) is 0 Å². The fourth-order valence-electron chi connectivity index (χ4n) is 6.85. The standard InChI is InChI=1S/C35H42F4N4O6/c1-21(2)29-20-42(32(45)25-14-22(15-26(36)17-25)16-31(44)41-49-34(47)35(37,38)39)12-13-43(29)33(46)24-8-9-30(48-27-10-11-40-19-27)28(18-24)23-6-4-3-5-7-23/h8-9,14-15,17-18,21,23,27,29,40H,3-7,10-13,16,19-20H2,1-2H3,(H,41,44)/t27-,29+/m0/s1. The Kier molecular flexibility index (Phi) is 11.5. The molecule has 0 unspecified atom stereocenters. The molecule has 3 aliphatic rings. The topological polar surface area (TPSA) is 117 Å². The first-order valence-corrected chi connectivity index (χ1v) is 16.8. The lowest BCUT2D eigenvalue weighted by Crippen LogP contribution is -2.58. The van der Waals surface area contributed by atoms with Crippen LogP contribution >= 0.6 is 0 Å². The van der Waals surface area contributed by atoms with Gasteiger partial charge in [-0.05, 0) is 85.2 Å². The Balaban J connectivity index is 1.28. The zero-order valence-electron chi connectivity index (χ0n) is 27.6. The number of piperazine rings is 1. The van der Waals surface area contributed by atoms with Crippen molar-refractivity contribution in [3.8, 4) is 5.75 Å². The Bertz CT molecular complexity index is 1540. The molecule has 1 aliphatic carbocycles. The highest BCUT2D eigenvalue weighted by atomic mass is 19.4. The number of carbonyl (C=O) groups is 4. The molecule has 3 amide bonds. The molecule has 10 nitrogen and oxygen atoms in total. The summed E-state index contributed by atoms with van der Waals surface area (Å²) in [7, 11) is 0. The number of nitrogens with zero attached hydrogens (tertiary/aromatic N) is 2. The van der Waals surface area contributed by atoms with Crippen LogP contribution in [0, 0.1) is 11.7 Å². The minimum absolute atomic E-state index is 0.0106. The molecule has 5 rings (SSSR count). The smallest absolute Gasteiger partial charge is 0.489 e. The molecule has 2 atom stereocenters. The number of hydroxylamine groups is 1. The van der Waals surface area contributed by atoms with Crippen molar-refractivity contribution in [1.29, 1.82) is 0 Å². The van der Waals surface area contributed by atoms with Crippen molar-refractivity contribution in [2.75, 3.05) is 32.7 Å². The first kappa shape index (κ1) is 36.1. The molecule has 49 heavy (non-hydrogen) atoms. The van der Waals surface area contributed by atoms with E-state index >= 15 is 0 Å². The molecule has 266 valence electrons. The van der Waals surface area contributed by atoms with E-state index in [0.29, 0.717) is 11.5 Å². The van der Waals surface area contributed by atoms with Crippen molar-refractivity contribution in [3.63, 3.8) is 0 Å². The average molecular weight is 691 g/mol. The molecule has 2 heterocycles. The van der Waals surface area contributed by atoms with Crippen LogP contribution in [0.1, 0.15) is 90.1 Å². The molecule has 3 fully saturated rings. The normalized spacial score (nSPS) is 20.3. The van der Waals surface area contributed by atoms with Gasteiger partial charge in [0.05, 0.1) is 12.5 Å². The van der Waals surface area contributed by atoms with E-state index in [1.807, 2.05) is 32.0 Å². The Hall–Kier alpha value is -4.20. The summed E-state index contributed by atoms with van der Waals surface area (Å²) in [6, 6.07) is 8.60. The number of halogens is 4. The van der Waals surface area contributed by atoms with Gasteiger partial charge in [-0.15, -0.1) is 0 Å². The van der Waals surface area contributed by atoms with Crippen LogP contribution in [-0.4, -0.2) is 84.5 Å². The lowest BCUT2D eigenvalue weighted by atomic mass is 9.83. The summed E-state index contributed by atoms with van der Waals surface area (Å²) in [6.07, 6.45) is 0.627. The second-order valence-corrected chi connectivity index (χ2v) is 13.3. The molecule has 2 aromatic rings. The highest BCUT2D eigenvalue weighted by Crippen LogP contribution is 2.39. The number of hydrogen-bond acceptors (Lipinski definition) is 7. The second kappa shape index (κ2) is 15.6. The van der Waals surface area contributed by atoms with Crippen LogP contribution in [0.2, 0.25) is 0 Å². The maximum Gasteiger partial charge on any atom is 0.493 e. The van der Waals surface area contributed by atoms with Crippen molar-refractivity contribution in [1.82, 2.24) is 20.6 Å². The van der Waals surface area contributed by atoms with Gasteiger partial charge in [-0.1, -0.05) is 33.1 Å². The number of alkyl halides is 3. The molecular weight excluding hydrogens is 648 g/mol. The van der Waals surface area contributed by atoms with Crippen molar-refractivity contribution in [3.05, 3.63) is 64.5 Å². The van der Waals surface area contributed by atoms with Crippen molar-refractivity contribution in [2.45, 2.75) is 83.0 Å². The second-order valence-electron chi connectivity index (χ2n) is 13.3. The summed E-state index contributed by atoms with van der Waals surface area (Å²) in [5, 5.41) is 3.33.